The van der Waals surface area contributed by atoms with Gasteiger partial charge in [-0.15, -0.1) is 0 Å². The molecule has 2 aliphatic heterocycles. The van der Waals surface area contributed by atoms with Crippen LogP contribution in [0.15, 0.2) is 0 Å². The fourth-order valence-corrected chi connectivity index (χ4v) is 5.56. The average molecular weight is 253 g/mol. The summed E-state index contributed by atoms with van der Waals surface area (Å²) in [6.07, 6.45) is 1.22. The Morgan fingerprint density at radius 1 is 0.800 bits per heavy atom. The van der Waals surface area contributed by atoms with Gasteiger partial charge in [0.25, 0.3) is 0 Å². The molecule has 0 saturated carbocycles. The summed E-state index contributed by atoms with van der Waals surface area (Å²) in [6, 6.07) is -0.0957. The first-order valence-electron chi connectivity index (χ1n) is 5.03. The van der Waals surface area contributed by atoms with Crippen molar-refractivity contribution in [1.29, 1.82) is 0 Å². The van der Waals surface area contributed by atoms with E-state index in [4.69, 9.17) is 0 Å². The summed E-state index contributed by atoms with van der Waals surface area (Å²) in [4.78, 5) is 0. The lowest BCUT2D eigenvalue weighted by molar-refractivity contribution is 0.476. The van der Waals surface area contributed by atoms with Crippen LogP contribution in [0.1, 0.15) is 12.8 Å². The van der Waals surface area contributed by atoms with Gasteiger partial charge in [-0.3, -0.25) is 0 Å². The van der Waals surface area contributed by atoms with Crippen molar-refractivity contribution in [2.45, 2.75) is 24.9 Å². The van der Waals surface area contributed by atoms with E-state index in [1.807, 2.05) is 0 Å². The first-order chi connectivity index (χ1) is 6.86. The van der Waals surface area contributed by atoms with E-state index in [0.717, 1.165) is 0 Å². The molecule has 2 heterocycles. The van der Waals surface area contributed by atoms with Crippen LogP contribution in [0, 0.1) is 0 Å². The molecule has 0 bridgehead atoms. The topological polar surface area (TPSA) is 80.3 Å². The summed E-state index contributed by atoms with van der Waals surface area (Å²) in [7, 11) is -5.76. The van der Waals surface area contributed by atoms with Gasteiger partial charge in [0.15, 0.2) is 19.7 Å². The van der Waals surface area contributed by atoms with Crippen LogP contribution in [-0.2, 0) is 19.7 Å². The third-order valence-corrected chi connectivity index (χ3v) is 6.47. The van der Waals surface area contributed by atoms with Crippen LogP contribution < -0.4 is 5.32 Å². The predicted octanol–water partition coefficient (Wildman–Crippen LogP) is -1.05. The Morgan fingerprint density at radius 3 is 1.47 bits per heavy atom. The van der Waals surface area contributed by atoms with Gasteiger partial charge in [-0.05, 0) is 12.8 Å². The fourth-order valence-electron chi connectivity index (χ4n) is 2.19. The second-order valence-corrected chi connectivity index (χ2v) is 8.82. The van der Waals surface area contributed by atoms with Crippen molar-refractivity contribution >= 4 is 19.7 Å². The molecule has 0 unspecified atom stereocenters. The summed E-state index contributed by atoms with van der Waals surface area (Å²) < 4.78 is 44.7. The molecule has 2 atom stereocenters. The fraction of sp³-hybridized carbons (Fsp3) is 1.00. The van der Waals surface area contributed by atoms with Crippen LogP contribution in [0.25, 0.3) is 0 Å². The quantitative estimate of drug-likeness (QED) is 0.679. The minimum absolute atomic E-state index is 0.0479. The SMILES string of the molecule is O=S1(=O)CC[C@@H](N[C@@H]2CCS(=O)(=O)C2)C1. The van der Waals surface area contributed by atoms with Crippen LogP contribution in [-0.4, -0.2) is 51.9 Å². The van der Waals surface area contributed by atoms with Crippen molar-refractivity contribution in [3.8, 4) is 0 Å². The molecule has 1 N–H and O–H groups in total. The molecule has 0 aromatic rings. The number of nitrogens with one attached hydrogen (secondary N) is 1. The summed E-state index contributed by atoms with van der Waals surface area (Å²) in [5, 5.41) is 3.13. The first kappa shape index (κ1) is 11.3. The Bertz CT molecular complexity index is 397. The molecule has 0 radical (unpaired) electrons. The maximum Gasteiger partial charge on any atom is 0.151 e. The highest BCUT2D eigenvalue weighted by Gasteiger charge is 2.33. The van der Waals surface area contributed by atoms with Gasteiger partial charge in [-0.25, -0.2) is 16.8 Å². The standard InChI is InChI=1S/C8H15NO4S2/c10-14(11)3-1-7(5-14)9-8-2-4-15(12,13)6-8/h7-9H,1-6H2/t7-,8-/m1/s1. The maximum absolute atomic E-state index is 11.2. The molecule has 0 aliphatic carbocycles. The molecule has 2 aliphatic rings. The Morgan fingerprint density at radius 2 is 1.20 bits per heavy atom. The number of rotatable bonds is 2. The number of hydrogen-bond acceptors (Lipinski definition) is 5. The molecule has 0 aromatic heterocycles. The highest BCUT2D eigenvalue weighted by atomic mass is 32.2. The lowest BCUT2D eigenvalue weighted by Gasteiger charge is -2.15. The smallest absolute Gasteiger partial charge is 0.151 e. The monoisotopic (exact) mass is 253 g/mol. The predicted molar refractivity (Wildman–Crippen MR) is 57.3 cm³/mol. The molecule has 0 aromatic carbocycles. The van der Waals surface area contributed by atoms with Crippen LogP contribution in [0.4, 0.5) is 0 Å². The maximum atomic E-state index is 11.2. The lowest BCUT2D eigenvalue weighted by Crippen LogP contribution is -2.39. The van der Waals surface area contributed by atoms with Crippen LogP contribution >= 0.6 is 0 Å². The Balaban J connectivity index is 1.90. The van der Waals surface area contributed by atoms with E-state index in [9.17, 15) is 16.8 Å². The third-order valence-electron chi connectivity index (χ3n) is 2.94. The molecule has 5 nitrogen and oxygen atoms in total. The zero-order valence-corrected chi connectivity index (χ0v) is 9.98. The highest BCUT2D eigenvalue weighted by molar-refractivity contribution is 7.92. The van der Waals surface area contributed by atoms with E-state index in [0.29, 0.717) is 12.8 Å². The third kappa shape index (κ3) is 2.92. The van der Waals surface area contributed by atoms with Gasteiger partial charge < -0.3 is 5.32 Å². The molecular weight excluding hydrogens is 238 g/mol. The van der Waals surface area contributed by atoms with Crippen molar-refractivity contribution in [3.63, 3.8) is 0 Å². The Hall–Kier alpha value is -0.140. The second kappa shape index (κ2) is 3.71. The summed E-state index contributed by atoms with van der Waals surface area (Å²) >= 11 is 0. The van der Waals surface area contributed by atoms with E-state index >= 15 is 0 Å². The Labute approximate surface area is 90.1 Å². The van der Waals surface area contributed by atoms with Gasteiger partial charge in [0.1, 0.15) is 0 Å². The normalized spacial score (nSPS) is 38.1. The molecule has 88 valence electrons. The largest absolute Gasteiger partial charge is 0.309 e. The van der Waals surface area contributed by atoms with Gasteiger partial charge in [0.2, 0.25) is 0 Å². The van der Waals surface area contributed by atoms with Crippen molar-refractivity contribution in [1.82, 2.24) is 5.32 Å². The number of sulfone groups is 2. The molecule has 7 heteroatoms. The lowest BCUT2D eigenvalue weighted by atomic mass is 10.2. The van der Waals surface area contributed by atoms with Crippen LogP contribution in [0.2, 0.25) is 0 Å². The van der Waals surface area contributed by atoms with E-state index in [1.165, 1.54) is 0 Å². The summed E-state index contributed by atoms with van der Waals surface area (Å²) in [6.45, 7) is 0. The average Bonchev–Trinajstić information content (AvgIpc) is 2.56. The zero-order chi connectivity index (χ0) is 11.1. The second-order valence-electron chi connectivity index (χ2n) is 4.37. The van der Waals surface area contributed by atoms with Gasteiger partial charge in [0.05, 0.1) is 23.0 Å². The molecule has 0 spiro atoms. The van der Waals surface area contributed by atoms with Gasteiger partial charge in [0, 0.05) is 12.1 Å². The van der Waals surface area contributed by atoms with Gasteiger partial charge >= 0.3 is 0 Å². The Kier molecular flexibility index (Phi) is 2.81. The zero-order valence-electron chi connectivity index (χ0n) is 8.35. The summed E-state index contributed by atoms with van der Waals surface area (Å²) in [5.41, 5.74) is 0. The van der Waals surface area contributed by atoms with E-state index in [1.54, 1.807) is 0 Å². The van der Waals surface area contributed by atoms with E-state index in [-0.39, 0.29) is 35.1 Å². The molecular formula is C8H15NO4S2. The van der Waals surface area contributed by atoms with Crippen molar-refractivity contribution in [3.05, 3.63) is 0 Å². The van der Waals surface area contributed by atoms with Crippen molar-refractivity contribution in [2.75, 3.05) is 23.0 Å². The molecule has 2 rings (SSSR count). The van der Waals surface area contributed by atoms with Crippen LogP contribution in [0.3, 0.4) is 0 Å². The van der Waals surface area contributed by atoms with Gasteiger partial charge in [-0.1, -0.05) is 0 Å². The minimum Gasteiger partial charge on any atom is -0.309 e. The highest BCUT2D eigenvalue weighted by Crippen LogP contribution is 2.16. The van der Waals surface area contributed by atoms with E-state index in [2.05, 4.69) is 5.32 Å². The van der Waals surface area contributed by atoms with Gasteiger partial charge in [-0.2, -0.15) is 0 Å². The van der Waals surface area contributed by atoms with E-state index < -0.39 is 19.7 Å². The molecule has 2 fully saturated rings. The van der Waals surface area contributed by atoms with Crippen LogP contribution in [0.5, 0.6) is 0 Å². The number of hydrogen-bond donors (Lipinski definition) is 1. The molecule has 2 saturated heterocycles. The molecule has 15 heavy (non-hydrogen) atoms. The molecule has 0 amide bonds. The first-order valence-corrected chi connectivity index (χ1v) is 8.67. The van der Waals surface area contributed by atoms with Crippen molar-refractivity contribution in [2.24, 2.45) is 0 Å². The van der Waals surface area contributed by atoms with Crippen molar-refractivity contribution < 1.29 is 16.8 Å². The summed E-state index contributed by atoms with van der Waals surface area (Å²) in [5.74, 6) is 0.765. The minimum atomic E-state index is -2.88.